The lowest BCUT2D eigenvalue weighted by molar-refractivity contribution is 0.0559. The van der Waals surface area contributed by atoms with Crippen LogP contribution in [0.5, 0.6) is 0 Å². The SMILES string of the molecule is CN1C(NC(=O)OC(C)(C)C)=NC(c2c(F)cccc2F)CS1(=O)=O. The number of aliphatic imine (C=N–C) groups is 1. The molecule has 0 saturated heterocycles. The number of hydrogen-bond acceptors (Lipinski definition) is 5. The van der Waals surface area contributed by atoms with Crippen molar-refractivity contribution in [1.29, 1.82) is 0 Å². The van der Waals surface area contributed by atoms with E-state index in [-0.39, 0.29) is 5.96 Å². The van der Waals surface area contributed by atoms with Crippen molar-refractivity contribution in [3.8, 4) is 0 Å². The molecule has 0 spiro atoms. The number of benzene rings is 1. The molecule has 0 bridgehead atoms. The van der Waals surface area contributed by atoms with Gasteiger partial charge in [0.1, 0.15) is 23.3 Å². The molecule has 10 heteroatoms. The van der Waals surface area contributed by atoms with E-state index in [0.29, 0.717) is 0 Å². The van der Waals surface area contributed by atoms with Gasteiger partial charge in [-0.1, -0.05) is 6.07 Å². The maximum absolute atomic E-state index is 14.0. The number of alkyl carbamates (subject to hydrolysis) is 1. The second-order valence-electron chi connectivity index (χ2n) is 6.48. The van der Waals surface area contributed by atoms with Gasteiger partial charge >= 0.3 is 6.09 Å². The van der Waals surface area contributed by atoms with Crippen molar-refractivity contribution >= 4 is 22.1 Å². The molecular formula is C15H19F2N3O4S. The Morgan fingerprint density at radius 1 is 1.32 bits per heavy atom. The topological polar surface area (TPSA) is 88.1 Å². The molecule has 1 heterocycles. The molecule has 1 unspecified atom stereocenters. The highest BCUT2D eigenvalue weighted by Gasteiger charge is 2.36. The van der Waals surface area contributed by atoms with Crippen LogP contribution in [0.4, 0.5) is 13.6 Å². The number of carbonyl (C=O) groups is 1. The van der Waals surface area contributed by atoms with Crippen LogP contribution in [-0.2, 0) is 14.8 Å². The van der Waals surface area contributed by atoms with Crippen LogP contribution in [0.2, 0.25) is 0 Å². The summed E-state index contributed by atoms with van der Waals surface area (Å²) in [6.07, 6.45) is -0.928. The number of amides is 1. The highest BCUT2D eigenvalue weighted by Crippen LogP contribution is 2.29. The molecule has 0 saturated carbocycles. The molecule has 7 nitrogen and oxygen atoms in total. The highest BCUT2D eigenvalue weighted by atomic mass is 32.2. The van der Waals surface area contributed by atoms with Gasteiger partial charge in [-0.05, 0) is 32.9 Å². The predicted molar refractivity (Wildman–Crippen MR) is 87.5 cm³/mol. The smallest absolute Gasteiger partial charge is 0.414 e. The molecule has 138 valence electrons. The van der Waals surface area contributed by atoms with Gasteiger partial charge < -0.3 is 4.74 Å². The first-order valence-corrected chi connectivity index (χ1v) is 9.00. The van der Waals surface area contributed by atoms with Crippen molar-refractivity contribution in [3.05, 3.63) is 35.4 Å². The summed E-state index contributed by atoms with van der Waals surface area (Å²) in [5.41, 5.74) is -1.28. The first kappa shape index (κ1) is 19.1. The Kier molecular flexibility index (Phi) is 5.03. The van der Waals surface area contributed by atoms with Gasteiger partial charge in [0.25, 0.3) is 0 Å². The van der Waals surface area contributed by atoms with Crippen molar-refractivity contribution < 1.29 is 26.7 Å². The Labute approximate surface area is 144 Å². The minimum Gasteiger partial charge on any atom is -0.444 e. The number of ether oxygens (including phenoxy) is 1. The first-order valence-electron chi connectivity index (χ1n) is 7.39. The fourth-order valence-corrected chi connectivity index (χ4v) is 3.41. The first-order chi connectivity index (χ1) is 11.4. The minimum atomic E-state index is -3.93. The van der Waals surface area contributed by atoms with Gasteiger partial charge in [-0.25, -0.2) is 31.3 Å². The second kappa shape index (κ2) is 6.58. The summed E-state index contributed by atoms with van der Waals surface area (Å²) in [6.45, 7) is 4.90. The van der Waals surface area contributed by atoms with Crippen LogP contribution in [-0.4, -0.2) is 43.2 Å². The summed E-state index contributed by atoms with van der Waals surface area (Å²) in [6, 6.07) is 1.87. The summed E-state index contributed by atoms with van der Waals surface area (Å²) in [4.78, 5) is 15.9. The van der Waals surface area contributed by atoms with Gasteiger partial charge in [-0.15, -0.1) is 0 Å². The maximum Gasteiger partial charge on any atom is 0.414 e. The van der Waals surface area contributed by atoms with Gasteiger partial charge in [0.2, 0.25) is 16.0 Å². The van der Waals surface area contributed by atoms with Crippen LogP contribution in [0.3, 0.4) is 0 Å². The summed E-state index contributed by atoms with van der Waals surface area (Å²) in [7, 11) is -2.75. The third-order valence-corrected chi connectivity index (χ3v) is 5.05. The molecule has 0 radical (unpaired) electrons. The average molecular weight is 375 g/mol. The Morgan fingerprint density at radius 2 is 1.88 bits per heavy atom. The van der Waals surface area contributed by atoms with Gasteiger partial charge in [0.05, 0.1) is 5.75 Å². The lowest BCUT2D eigenvalue weighted by Gasteiger charge is -2.30. The van der Waals surface area contributed by atoms with Crippen molar-refractivity contribution in [1.82, 2.24) is 9.62 Å². The van der Waals surface area contributed by atoms with Crippen LogP contribution in [0.25, 0.3) is 0 Å². The van der Waals surface area contributed by atoms with E-state index in [9.17, 15) is 22.0 Å². The predicted octanol–water partition coefficient (Wildman–Crippen LogP) is 2.16. The number of rotatable bonds is 1. The normalized spacial score (nSPS) is 20.0. The van der Waals surface area contributed by atoms with E-state index in [1.165, 1.54) is 13.1 Å². The Morgan fingerprint density at radius 3 is 2.40 bits per heavy atom. The quantitative estimate of drug-likeness (QED) is 0.815. The molecule has 0 aliphatic carbocycles. The molecular weight excluding hydrogens is 356 g/mol. The number of nitrogens with zero attached hydrogens (tertiary/aromatic N) is 2. The summed E-state index contributed by atoms with van der Waals surface area (Å²) < 4.78 is 58.3. The largest absolute Gasteiger partial charge is 0.444 e. The monoisotopic (exact) mass is 375 g/mol. The van der Waals surface area contributed by atoms with Gasteiger partial charge in [-0.3, -0.25) is 5.32 Å². The zero-order valence-corrected chi connectivity index (χ0v) is 15.0. The lowest BCUT2D eigenvalue weighted by Crippen LogP contribution is -2.50. The molecule has 1 aromatic carbocycles. The molecule has 1 aromatic rings. The van der Waals surface area contributed by atoms with E-state index in [2.05, 4.69) is 10.3 Å². The standard InChI is InChI=1S/C15H19F2N3O4S/c1-15(2,3)24-14(21)19-13-18-11(8-25(22,23)20(13)4)12-9(16)6-5-7-10(12)17/h5-7,11H,8H2,1-4H3,(H,18,19,21). The van der Waals surface area contributed by atoms with Crippen LogP contribution in [0, 0.1) is 11.6 Å². The molecule has 0 fully saturated rings. The number of sulfonamides is 1. The van der Waals surface area contributed by atoms with E-state index in [4.69, 9.17) is 4.74 Å². The summed E-state index contributed by atoms with van der Waals surface area (Å²) in [5.74, 6) is -2.82. The molecule has 1 atom stereocenters. The fourth-order valence-electron chi connectivity index (χ4n) is 2.19. The third kappa shape index (κ3) is 4.44. The Balaban J connectivity index is 2.40. The average Bonchev–Trinajstić information content (AvgIpc) is 2.41. The zero-order valence-electron chi connectivity index (χ0n) is 14.2. The Hall–Kier alpha value is -2.23. The van der Waals surface area contributed by atoms with Gasteiger partial charge in [-0.2, -0.15) is 0 Å². The van der Waals surface area contributed by atoms with E-state index in [1.807, 2.05) is 0 Å². The fraction of sp³-hybridized carbons (Fsp3) is 0.467. The molecule has 25 heavy (non-hydrogen) atoms. The third-order valence-electron chi connectivity index (χ3n) is 3.31. The van der Waals surface area contributed by atoms with E-state index >= 15 is 0 Å². The molecule has 1 amide bonds. The van der Waals surface area contributed by atoms with Crippen molar-refractivity contribution in [2.75, 3.05) is 12.8 Å². The molecule has 1 aliphatic rings. The molecule has 2 rings (SSSR count). The molecule has 0 aromatic heterocycles. The number of guanidine groups is 1. The second-order valence-corrected chi connectivity index (χ2v) is 8.52. The molecule has 1 N–H and O–H groups in total. The Bertz CT molecular complexity index is 798. The lowest BCUT2D eigenvalue weighted by atomic mass is 10.1. The maximum atomic E-state index is 14.0. The minimum absolute atomic E-state index is 0.367. The van der Waals surface area contributed by atoms with Gasteiger partial charge in [0.15, 0.2) is 0 Å². The number of hydrogen-bond donors (Lipinski definition) is 1. The van der Waals surface area contributed by atoms with E-state index in [1.54, 1.807) is 20.8 Å². The zero-order chi connectivity index (χ0) is 19.0. The van der Waals surface area contributed by atoms with E-state index < -0.39 is 50.7 Å². The van der Waals surface area contributed by atoms with Crippen LogP contribution < -0.4 is 5.32 Å². The summed E-state index contributed by atoms with van der Waals surface area (Å²) >= 11 is 0. The van der Waals surface area contributed by atoms with Crippen LogP contribution in [0.15, 0.2) is 23.2 Å². The van der Waals surface area contributed by atoms with Gasteiger partial charge in [0, 0.05) is 12.6 Å². The van der Waals surface area contributed by atoms with Crippen LogP contribution in [0.1, 0.15) is 32.4 Å². The van der Waals surface area contributed by atoms with E-state index in [0.717, 1.165) is 16.4 Å². The number of nitrogens with one attached hydrogen (secondary N) is 1. The molecule has 1 aliphatic heterocycles. The van der Waals surface area contributed by atoms with Crippen molar-refractivity contribution in [2.24, 2.45) is 4.99 Å². The van der Waals surface area contributed by atoms with Crippen LogP contribution >= 0.6 is 0 Å². The summed E-state index contributed by atoms with van der Waals surface area (Å²) in [5, 5.41) is 2.21. The highest BCUT2D eigenvalue weighted by molar-refractivity contribution is 7.89. The number of carbonyl (C=O) groups excluding carboxylic acids is 1. The van der Waals surface area contributed by atoms with Crippen molar-refractivity contribution in [2.45, 2.75) is 32.4 Å². The number of halogens is 2. The van der Waals surface area contributed by atoms with Crippen molar-refractivity contribution in [3.63, 3.8) is 0 Å².